The molecule has 32 heavy (non-hydrogen) atoms. The fraction of sp³-hybridized carbons (Fsp3) is 0.360. The number of rotatable bonds is 6. The van der Waals surface area contributed by atoms with Crippen molar-refractivity contribution in [2.24, 2.45) is 5.73 Å². The van der Waals surface area contributed by atoms with Crippen LogP contribution >= 0.6 is 0 Å². The molecule has 1 atom stereocenters. The lowest BCUT2D eigenvalue weighted by Gasteiger charge is -2.33. The molecule has 5 rings (SSSR count). The molecule has 7 nitrogen and oxygen atoms in total. The SMILES string of the molecule is CCCCc1ccc(-c2n[nH]c3cnc(-c4cccnc4)cc23)nc1N1CCCC(N)C1. The number of piperidine rings is 1. The highest BCUT2D eigenvalue weighted by atomic mass is 15.2. The third-order valence-electron chi connectivity index (χ3n) is 6.16. The molecule has 0 bridgehead atoms. The third kappa shape index (κ3) is 4.08. The molecule has 164 valence electrons. The predicted molar refractivity (Wildman–Crippen MR) is 128 cm³/mol. The number of fused-ring (bicyclic) bond motifs is 1. The monoisotopic (exact) mass is 427 g/mol. The molecule has 1 aliphatic rings. The number of nitrogens with two attached hydrogens (primary N) is 1. The van der Waals surface area contributed by atoms with Gasteiger partial charge in [-0.25, -0.2) is 4.98 Å². The normalized spacial score (nSPS) is 16.6. The highest BCUT2D eigenvalue weighted by molar-refractivity contribution is 5.93. The van der Waals surface area contributed by atoms with Crippen LogP contribution < -0.4 is 10.6 Å². The second-order valence-electron chi connectivity index (χ2n) is 8.56. The summed E-state index contributed by atoms with van der Waals surface area (Å²) in [7, 11) is 0. The molecule has 0 aromatic carbocycles. The molecule has 0 aliphatic carbocycles. The predicted octanol–water partition coefficient (Wildman–Crippen LogP) is 4.35. The van der Waals surface area contributed by atoms with Crippen LogP contribution in [0.5, 0.6) is 0 Å². The van der Waals surface area contributed by atoms with Crippen molar-refractivity contribution < 1.29 is 0 Å². The van der Waals surface area contributed by atoms with Crippen LogP contribution in [0, 0.1) is 0 Å². The molecule has 4 aromatic rings. The number of anilines is 1. The van der Waals surface area contributed by atoms with Crippen molar-refractivity contribution in [1.82, 2.24) is 25.1 Å². The van der Waals surface area contributed by atoms with Gasteiger partial charge in [-0.3, -0.25) is 15.1 Å². The van der Waals surface area contributed by atoms with E-state index in [-0.39, 0.29) is 6.04 Å². The molecule has 1 saturated heterocycles. The second-order valence-corrected chi connectivity index (χ2v) is 8.56. The van der Waals surface area contributed by atoms with E-state index >= 15 is 0 Å². The lowest BCUT2D eigenvalue weighted by atomic mass is 10.0. The Kier molecular flexibility index (Phi) is 5.81. The van der Waals surface area contributed by atoms with Crippen molar-refractivity contribution in [3.63, 3.8) is 0 Å². The first-order valence-corrected chi connectivity index (χ1v) is 11.5. The van der Waals surface area contributed by atoms with Crippen LogP contribution in [0.15, 0.2) is 48.9 Å². The lowest BCUT2D eigenvalue weighted by molar-refractivity contribution is 0.502. The molecule has 1 fully saturated rings. The van der Waals surface area contributed by atoms with Gasteiger partial charge in [-0.15, -0.1) is 0 Å². The Balaban J connectivity index is 1.57. The zero-order valence-corrected chi connectivity index (χ0v) is 18.5. The summed E-state index contributed by atoms with van der Waals surface area (Å²) >= 11 is 0. The molecular weight excluding hydrogens is 398 g/mol. The minimum atomic E-state index is 0.201. The summed E-state index contributed by atoms with van der Waals surface area (Å²) in [4.78, 5) is 16.3. The first kappa shape index (κ1) is 20.6. The van der Waals surface area contributed by atoms with Gasteiger partial charge in [0, 0.05) is 42.5 Å². The smallest absolute Gasteiger partial charge is 0.132 e. The maximum Gasteiger partial charge on any atom is 0.132 e. The average Bonchev–Trinajstić information content (AvgIpc) is 3.26. The summed E-state index contributed by atoms with van der Waals surface area (Å²) in [5.41, 5.74) is 12.0. The van der Waals surface area contributed by atoms with Crippen LogP contribution in [-0.2, 0) is 6.42 Å². The van der Waals surface area contributed by atoms with Gasteiger partial charge >= 0.3 is 0 Å². The van der Waals surface area contributed by atoms with Crippen molar-refractivity contribution in [2.75, 3.05) is 18.0 Å². The van der Waals surface area contributed by atoms with E-state index in [9.17, 15) is 0 Å². The zero-order chi connectivity index (χ0) is 21.9. The largest absolute Gasteiger partial charge is 0.355 e. The van der Waals surface area contributed by atoms with Crippen LogP contribution in [-0.4, -0.2) is 44.3 Å². The molecule has 0 spiro atoms. The Bertz CT molecular complexity index is 1200. The third-order valence-corrected chi connectivity index (χ3v) is 6.16. The van der Waals surface area contributed by atoms with Crippen molar-refractivity contribution in [3.8, 4) is 22.6 Å². The van der Waals surface area contributed by atoms with Gasteiger partial charge in [-0.2, -0.15) is 5.10 Å². The van der Waals surface area contributed by atoms with E-state index in [2.05, 4.69) is 50.2 Å². The summed E-state index contributed by atoms with van der Waals surface area (Å²) in [5, 5.41) is 8.73. The fourth-order valence-electron chi connectivity index (χ4n) is 4.43. The van der Waals surface area contributed by atoms with Crippen LogP contribution in [0.3, 0.4) is 0 Å². The van der Waals surface area contributed by atoms with Gasteiger partial charge in [0.2, 0.25) is 0 Å². The Labute approximate surface area is 188 Å². The second kappa shape index (κ2) is 9.04. The number of pyridine rings is 3. The summed E-state index contributed by atoms with van der Waals surface area (Å²) < 4.78 is 0. The summed E-state index contributed by atoms with van der Waals surface area (Å²) in [6.07, 6.45) is 10.9. The fourth-order valence-corrected chi connectivity index (χ4v) is 4.43. The molecule has 0 saturated carbocycles. The minimum Gasteiger partial charge on any atom is -0.355 e. The van der Waals surface area contributed by atoms with Gasteiger partial charge in [0.25, 0.3) is 0 Å². The van der Waals surface area contributed by atoms with Crippen molar-refractivity contribution in [2.45, 2.75) is 45.1 Å². The average molecular weight is 428 g/mol. The highest BCUT2D eigenvalue weighted by Crippen LogP contribution is 2.31. The topological polar surface area (TPSA) is 96.6 Å². The van der Waals surface area contributed by atoms with Crippen LogP contribution in [0.2, 0.25) is 0 Å². The summed E-state index contributed by atoms with van der Waals surface area (Å²) in [6.45, 7) is 4.08. The number of aromatic nitrogens is 5. The highest BCUT2D eigenvalue weighted by Gasteiger charge is 2.22. The zero-order valence-electron chi connectivity index (χ0n) is 18.5. The number of hydrogen-bond donors (Lipinski definition) is 2. The van der Waals surface area contributed by atoms with E-state index < -0.39 is 0 Å². The van der Waals surface area contributed by atoms with E-state index in [1.54, 1.807) is 6.20 Å². The number of nitrogens with one attached hydrogen (secondary N) is 1. The number of unbranched alkanes of at least 4 members (excludes halogenated alkanes) is 1. The molecule has 7 heteroatoms. The van der Waals surface area contributed by atoms with Gasteiger partial charge in [-0.1, -0.05) is 19.4 Å². The molecule has 1 aliphatic heterocycles. The van der Waals surface area contributed by atoms with Crippen LogP contribution in [0.1, 0.15) is 38.2 Å². The van der Waals surface area contributed by atoms with Gasteiger partial charge < -0.3 is 10.6 Å². The van der Waals surface area contributed by atoms with Crippen molar-refractivity contribution in [1.29, 1.82) is 0 Å². The van der Waals surface area contributed by atoms with Crippen molar-refractivity contribution >= 4 is 16.7 Å². The van der Waals surface area contributed by atoms with Gasteiger partial charge in [0.05, 0.1) is 23.1 Å². The van der Waals surface area contributed by atoms with Crippen LogP contribution in [0.4, 0.5) is 5.82 Å². The van der Waals surface area contributed by atoms with Gasteiger partial charge in [-0.05, 0) is 55.5 Å². The maximum atomic E-state index is 6.29. The van der Waals surface area contributed by atoms with Crippen LogP contribution in [0.25, 0.3) is 33.5 Å². The Morgan fingerprint density at radius 3 is 2.94 bits per heavy atom. The number of H-pyrrole nitrogens is 1. The first-order valence-electron chi connectivity index (χ1n) is 11.5. The standard InChI is InChI=1S/C25H29N7/c1-2-3-6-17-9-10-21(29-25(17)32-12-5-8-19(26)16-32)24-20-13-22(18-7-4-11-27-14-18)28-15-23(20)30-31-24/h4,7,9-11,13-15,19H,2-3,5-6,8,12,16,26H2,1H3,(H,30,31). The Hall–Kier alpha value is -3.32. The quantitative estimate of drug-likeness (QED) is 0.475. The molecular formula is C25H29N7. The Morgan fingerprint density at radius 2 is 2.12 bits per heavy atom. The first-order chi connectivity index (χ1) is 15.7. The maximum absolute atomic E-state index is 6.29. The van der Waals surface area contributed by atoms with E-state index in [1.807, 2.05) is 24.5 Å². The molecule has 0 radical (unpaired) electrons. The molecule has 5 heterocycles. The molecule has 3 N–H and O–H groups in total. The summed E-state index contributed by atoms with van der Waals surface area (Å²) in [5.74, 6) is 1.06. The minimum absolute atomic E-state index is 0.201. The molecule has 1 unspecified atom stereocenters. The van der Waals surface area contributed by atoms with E-state index in [0.29, 0.717) is 0 Å². The summed E-state index contributed by atoms with van der Waals surface area (Å²) in [6, 6.07) is 10.5. The van der Waals surface area contributed by atoms with Gasteiger partial charge in [0.1, 0.15) is 11.5 Å². The van der Waals surface area contributed by atoms with E-state index in [4.69, 9.17) is 10.7 Å². The van der Waals surface area contributed by atoms with E-state index in [0.717, 1.165) is 84.6 Å². The van der Waals surface area contributed by atoms with E-state index in [1.165, 1.54) is 5.56 Å². The molecule has 4 aromatic heterocycles. The lowest BCUT2D eigenvalue weighted by Crippen LogP contribution is -2.43. The number of hydrogen-bond acceptors (Lipinski definition) is 6. The number of aromatic amines is 1. The van der Waals surface area contributed by atoms with Gasteiger partial charge in [0.15, 0.2) is 0 Å². The number of aryl methyl sites for hydroxylation is 1. The number of nitrogens with zero attached hydrogens (tertiary/aromatic N) is 5. The Morgan fingerprint density at radius 1 is 1.19 bits per heavy atom. The van der Waals surface area contributed by atoms with Crippen molar-refractivity contribution in [3.05, 3.63) is 54.5 Å². The molecule has 0 amide bonds.